The summed E-state index contributed by atoms with van der Waals surface area (Å²) in [5.74, 6) is 0.187. The maximum Gasteiger partial charge on any atom is 0.294 e. The molecule has 0 aromatic heterocycles. The van der Waals surface area contributed by atoms with Crippen molar-refractivity contribution in [3.63, 3.8) is 0 Å². The minimum atomic E-state index is -0.949. The summed E-state index contributed by atoms with van der Waals surface area (Å²) in [6.45, 7) is 13.5. The average Bonchev–Trinajstić information content (AvgIpc) is 3.29. The number of hydrogen-bond acceptors (Lipinski definition) is 7. The summed E-state index contributed by atoms with van der Waals surface area (Å²) < 4.78 is 24.5. The first kappa shape index (κ1) is 31.9. The van der Waals surface area contributed by atoms with E-state index in [0.717, 1.165) is 30.4 Å². The molecule has 0 radical (unpaired) electrons. The minimum Gasteiger partial charge on any atom is -0.453 e. The van der Waals surface area contributed by atoms with Gasteiger partial charge in [0.1, 0.15) is 12.2 Å². The Morgan fingerprint density at radius 1 is 1.27 bits per heavy atom. The smallest absolute Gasteiger partial charge is 0.294 e. The van der Waals surface area contributed by atoms with E-state index in [9.17, 15) is 15.0 Å². The molecule has 3 aliphatic heterocycles. The fourth-order valence-corrected chi connectivity index (χ4v) is 6.78. The largest absolute Gasteiger partial charge is 0.453 e. The first-order chi connectivity index (χ1) is 19.5. The molecule has 4 rings (SSSR count). The molecule has 2 N–H and O–H groups in total. The number of allylic oxidation sites excluding steroid dienone is 4. The van der Waals surface area contributed by atoms with Crippen LogP contribution in [0.5, 0.6) is 0 Å². The number of hydrogen-bond donors (Lipinski definition) is 2. The van der Waals surface area contributed by atoms with Crippen LogP contribution < -0.4 is 0 Å². The van der Waals surface area contributed by atoms with Crippen molar-refractivity contribution in [2.45, 2.75) is 122 Å². The molecule has 7 nitrogen and oxygen atoms in total. The number of carbonyl (C=O) groups is 1. The van der Waals surface area contributed by atoms with Gasteiger partial charge in [-0.3, -0.25) is 4.79 Å². The van der Waals surface area contributed by atoms with E-state index in [1.54, 1.807) is 0 Å². The van der Waals surface area contributed by atoms with E-state index in [2.05, 4.69) is 52.8 Å². The highest BCUT2D eigenvalue weighted by Gasteiger charge is 2.54. The summed E-state index contributed by atoms with van der Waals surface area (Å²) in [7, 11) is 0. The molecule has 10 atom stereocenters. The fraction of sp³-hybridized carbons (Fsp3) is 0.676. The summed E-state index contributed by atoms with van der Waals surface area (Å²) in [5.41, 5.74) is 2.01. The van der Waals surface area contributed by atoms with Crippen molar-refractivity contribution >= 4 is 6.47 Å². The Balaban J connectivity index is 1.34. The van der Waals surface area contributed by atoms with Gasteiger partial charge in [-0.1, -0.05) is 76.1 Å². The zero-order valence-corrected chi connectivity index (χ0v) is 25.6. The van der Waals surface area contributed by atoms with Crippen LogP contribution in [0.2, 0.25) is 0 Å². The van der Waals surface area contributed by atoms with E-state index in [0.29, 0.717) is 44.2 Å². The van der Waals surface area contributed by atoms with E-state index in [1.165, 1.54) is 5.57 Å². The third-order valence-electron chi connectivity index (χ3n) is 9.40. The highest BCUT2D eigenvalue weighted by atomic mass is 16.7. The molecule has 41 heavy (non-hydrogen) atoms. The summed E-state index contributed by atoms with van der Waals surface area (Å²) >= 11 is 0. The van der Waals surface area contributed by atoms with Crippen LogP contribution in [0, 0.1) is 17.8 Å². The first-order valence-electron chi connectivity index (χ1n) is 15.4. The number of rotatable bonds is 10. The van der Waals surface area contributed by atoms with Gasteiger partial charge >= 0.3 is 0 Å². The molecule has 1 aliphatic carbocycles. The maximum atomic E-state index is 11.3. The van der Waals surface area contributed by atoms with Gasteiger partial charge in [0.05, 0.1) is 24.9 Å². The predicted molar refractivity (Wildman–Crippen MR) is 159 cm³/mol. The minimum absolute atomic E-state index is 0.0844. The molecule has 7 heteroatoms. The Morgan fingerprint density at radius 2 is 2.05 bits per heavy atom. The molecule has 6 unspecified atom stereocenters. The Hall–Kier alpha value is -2.03. The second-order valence-electron chi connectivity index (χ2n) is 12.8. The third-order valence-corrected chi connectivity index (χ3v) is 9.40. The Labute approximate surface area is 246 Å². The van der Waals surface area contributed by atoms with Gasteiger partial charge in [0.25, 0.3) is 6.47 Å². The van der Waals surface area contributed by atoms with Gasteiger partial charge in [0.15, 0.2) is 11.4 Å². The number of carbonyl (C=O) groups excluding carboxylic acids is 1. The van der Waals surface area contributed by atoms with Gasteiger partial charge in [-0.15, -0.1) is 0 Å². The Bertz CT molecular complexity index is 1070. The van der Waals surface area contributed by atoms with Crippen molar-refractivity contribution in [2.24, 2.45) is 17.8 Å². The van der Waals surface area contributed by atoms with Gasteiger partial charge in [-0.2, -0.15) is 0 Å². The summed E-state index contributed by atoms with van der Waals surface area (Å²) in [4.78, 5) is 11.3. The molecular formula is C34H50O7. The molecular weight excluding hydrogens is 520 g/mol. The molecule has 1 spiro atoms. The molecule has 4 aliphatic rings. The van der Waals surface area contributed by atoms with E-state index in [-0.39, 0.29) is 18.1 Å². The Morgan fingerprint density at radius 3 is 2.78 bits per heavy atom. The number of aliphatic hydroxyl groups is 2. The van der Waals surface area contributed by atoms with Crippen molar-refractivity contribution in [1.29, 1.82) is 0 Å². The highest BCUT2D eigenvalue weighted by molar-refractivity contribution is 5.45. The summed E-state index contributed by atoms with van der Waals surface area (Å²) in [6, 6.07) is 0. The van der Waals surface area contributed by atoms with Crippen LogP contribution in [0.3, 0.4) is 0 Å². The van der Waals surface area contributed by atoms with Crippen molar-refractivity contribution < 1.29 is 34.0 Å². The normalized spacial score (nSPS) is 40.0. The highest BCUT2D eigenvalue weighted by Crippen LogP contribution is 2.44. The monoisotopic (exact) mass is 570 g/mol. The van der Waals surface area contributed by atoms with Crippen LogP contribution in [-0.2, 0) is 23.7 Å². The third kappa shape index (κ3) is 7.14. The Kier molecular flexibility index (Phi) is 10.5. The molecule has 0 aromatic carbocycles. The van der Waals surface area contributed by atoms with Gasteiger partial charge in [-0.05, 0) is 50.2 Å². The summed E-state index contributed by atoms with van der Waals surface area (Å²) in [6.07, 6.45) is 16.8. The zero-order valence-electron chi connectivity index (χ0n) is 25.6. The SMILES string of the molecule is CC[C@H](C)C1OC2(C=CC1C)CC(O)CC(C/C=C(\C)C[C@@H](C)/C=C/C=C1\CO[C@@H]3C(O)C(C)=CC[C@]13OC=O)O2. The van der Waals surface area contributed by atoms with Crippen LogP contribution in [0.25, 0.3) is 0 Å². The molecule has 228 valence electrons. The van der Waals surface area contributed by atoms with Gasteiger partial charge in [0, 0.05) is 30.8 Å². The predicted octanol–water partition coefficient (Wildman–Crippen LogP) is 5.73. The molecule has 2 saturated heterocycles. The molecule has 0 aromatic rings. The van der Waals surface area contributed by atoms with Crippen molar-refractivity contribution in [1.82, 2.24) is 0 Å². The first-order valence-corrected chi connectivity index (χ1v) is 15.4. The van der Waals surface area contributed by atoms with Crippen LogP contribution in [0.1, 0.15) is 80.1 Å². The van der Waals surface area contributed by atoms with Crippen molar-refractivity contribution in [3.05, 3.63) is 59.3 Å². The molecule has 0 amide bonds. The zero-order chi connectivity index (χ0) is 29.8. The van der Waals surface area contributed by atoms with E-state index in [1.807, 2.05) is 31.2 Å². The van der Waals surface area contributed by atoms with Crippen LogP contribution in [0.4, 0.5) is 0 Å². The molecule has 0 bridgehead atoms. The van der Waals surface area contributed by atoms with Crippen LogP contribution >= 0.6 is 0 Å². The van der Waals surface area contributed by atoms with Gasteiger partial charge in [-0.25, -0.2) is 0 Å². The van der Waals surface area contributed by atoms with E-state index >= 15 is 0 Å². The lowest BCUT2D eigenvalue weighted by atomic mass is 9.78. The van der Waals surface area contributed by atoms with Crippen LogP contribution in [0.15, 0.2) is 59.3 Å². The second-order valence-corrected chi connectivity index (χ2v) is 12.8. The molecule has 3 heterocycles. The lowest BCUT2D eigenvalue weighted by molar-refractivity contribution is -0.298. The topological polar surface area (TPSA) is 94.5 Å². The lowest BCUT2D eigenvalue weighted by Crippen LogP contribution is -2.52. The molecule has 0 saturated carbocycles. The van der Waals surface area contributed by atoms with Crippen molar-refractivity contribution in [3.8, 4) is 0 Å². The van der Waals surface area contributed by atoms with Gasteiger partial charge < -0.3 is 29.2 Å². The average molecular weight is 571 g/mol. The van der Waals surface area contributed by atoms with Crippen molar-refractivity contribution in [2.75, 3.05) is 6.61 Å². The lowest BCUT2D eigenvalue weighted by Gasteiger charge is -2.47. The number of fused-ring (bicyclic) bond motifs is 1. The maximum absolute atomic E-state index is 11.3. The number of ether oxygens (including phenoxy) is 4. The standard InChI is InChI=1S/C34H50O7/c1-7-24(4)31-26(6)13-15-33(41-31)19-28(36)18-29(40-33)12-11-23(3)17-22(2)9-8-10-27-20-38-32-30(37)25(5)14-16-34(27,32)39-21-35/h8-11,13-15,21-22,24,26,28-32,36-37H,7,12,16-20H2,1-6H3/b9-8+,23-11+,27-10+/t22-,24-,26?,28?,29?,30?,31?,32+,33?,34-/m0/s1. The van der Waals surface area contributed by atoms with Crippen LogP contribution in [-0.4, -0.2) is 65.2 Å². The fourth-order valence-electron chi connectivity index (χ4n) is 6.78. The summed E-state index contributed by atoms with van der Waals surface area (Å²) in [5, 5.41) is 21.3. The van der Waals surface area contributed by atoms with E-state index < -0.39 is 29.7 Å². The molecule has 2 fully saturated rings. The quantitative estimate of drug-likeness (QED) is 0.256. The second kappa shape index (κ2) is 13.5. The van der Waals surface area contributed by atoms with Gasteiger partial charge in [0.2, 0.25) is 0 Å². The number of aliphatic hydroxyl groups excluding tert-OH is 2. The van der Waals surface area contributed by atoms with E-state index in [4.69, 9.17) is 18.9 Å².